The number of likely N-dealkylation sites (tertiary alicyclic amines) is 1. The zero-order valence-corrected chi connectivity index (χ0v) is 14.4. The van der Waals surface area contributed by atoms with Crippen LogP contribution in [-0.2, 0) is 14.4 Å². The lowest BCUT2D eigenvalue weighted by atomic mass is 9.81. The van der Waals surface area contributed by atoms with E-state index in [0.717, 1.165) is 36.3 Å². The van der Waals surface area contributed by atoms with Crippen molar-refractivity contribution >= 4 is 34.2 Å². The van der Waals surface area contributed by atoms with E-state index in [1.54, 1.807) is 6.92 Å². The molecular formula is C16H21N3O3S. The average Bonchev–Trinajstić information content (AvgIpc) is 2.97. The second-order valence-electron chi connectivity index (χ2n) is 6.37. The molecule has 124 valence electrons. The van der Waals surface area contributed by atoms with Crippen molar-refractivity contribution in [3.05, 3.63) is 10.6 Å². The highest BCUT2D eigenvalue weighted by atomic mass is 32.1. The fourth-order valence-electron chi connectivity index (χ4n) is 3.42. The molecule has 3 amide bonds. The van der Waals surface area contributed by atoms with E-state index >= 15 is 0 Å². The van der Waals surface area contributed by atoms with Gasteiger partial charge in [-0.25, -0.2) is 4.98 Å². The van der Waals surface area contributed by atoms with E-state index < -0.39 is 6.04 Å². The molecule has 0 spiro atoms. The first kappa shape index (κ1) is 16.1. The Kier molecular flexibility index (Phi) is 4.23. The van der Waals surface area contributed by atoms with Crippen LogP contribution in [0.4, 0.5) is 5.13 Å². The molecule has 6 nitrogen and oxygen atoms in total. The summed E-state index contributed by atoms with van der Waals surface area (Å²) in [6, 6.07) is -0.801. The lowest BCUT2D eigenvalue weighted by Crippen LogP contribution is -2.46. The number of thiazole rings is 1. The van der Waals surface area contributed by atoms with Crippen molar-refractivity contribution in [1.82, 2.24) is 9.88 Å². The van der Waals surface area contributed by atoms with Gasteiger partial charge in [-0.2, -0.15) is 0 Å². The maximum Gasteiger partial charge on any atom is 0.249 e. The molecule has 1 saturated heterocycles. The second-order valence-corrected chi connectivity index (χ2v) is 7.57. The molecule has 2 fully saturated rings. The monoisotopic (exact) mass is 335 g/mol. The minimum absolute atomic E-state index is 0.186. The van der Waals surface area contributed by atoms with Crippen LogP contribution in [0.2, 0.25) is 0 Å². The minimum atomic E-state index is -0.801. The maximum atomic E-state index is 12.5. The largest absolute Gasteiger partial charge is 0.300 e. The molecule has 7 heteroatoms. The SMILES string of the molecule is Cc1nc(NC(=O)C(C)N2C(=O)C3CCCCC3C2=O)sc1C. The number of nitrogens with one attached hydrogen (secondary N) is 1. The fraction of sp³-hybridized carbons (Fsp3) is 0.625. The van der Waals surface area contributed by atoms with Crippen LogP contribution in [0, 0.1) is 25.7 Å². The van der Waals surface area contributed by atoms with Crippen molar-refractivity contribution in [2.75, 3.05) is 5.32 Å². The summed E-state index contributed by atoms with van der Waals surface area (Å²) in [7, 11) is 0. The van der Waals surface area contributed by atoms with Gasteiger partial charge in [0, 0.05) is 4.88 Å². The Morgan fingerprint density at radius 2 is 1.78 bits per heavy atom. The van der Waals surface area contributed by atoms with Gasteiger partial charge in [-0.05, 0) is 33.6 Å². The maximum absolute atomic E-state index is 12.5. The van der Waals surface area contributed by atoms with Crippen molar-refractivity contribution in [1.29, 1.82) is 0 Å². The summed E-state index contributed by atoms with van der Waals surface area (Å²) in [4.78, 5) is 43.9. The number of hydrogen-bond acceptors (Lipinski definition) is 5. The lowest BCUT2D eigenvalue weighted by molar-refractivity contribution is -0.146. The summed E-state index contributed by atoms with van der Waals surface area (Å²) in [5.74, 6) is -1.19. The Hall–Kier alpha value is -1.76. The third kappa shape index (κ3) is 2.78. The summed E-state index contributed by atoms with van der Waals surface area (Å²) in [6.45, 7) is 5.42. The smallest absolute Gasteiger partial charge is 0.249 e. The number of aromatic nitrogens is 1. The third-order valence-corrected chi connectivity index (χ3v) is 5.89. The van der Waals surface area contributed by atoms with Crippen LogP contribution in [0.5, 0.6) is 0 Å². The lowest BCUT2D eigenvalue weighted by Gasteiger charge is -2.21. The van der Waals surface area contributed by atoms with Crippen molar-refractivity contribution in [2.45, 2.75) is 52.5 Å². The minimum Gasteiger partial charge on any atom is -0.300 e. The molecule has 1 aromatic heterocycles. The predicted octanol–water partition coefficient (Wildman–Crippen LogP) is 2.26. The van der Waals surface area contributed by atoms with Gasteiger partial charge in [0.15, 0.2) is 5.13 Å². The van der Waals surface area contributed by atoms with E-state index in [-0.39, 0.29) is 29.6 Å². The van der Waals surface area contributed by atoms with Gasteiger partial charge in [0.2, 0.25) is 17.7 Å². The fourth-order valence-corrected chi connectivity index (χ4v) is 4.24. The molecule has 1 aliphatic carbocycles. The standard InChI is InChI=1S/C16H21N3O3S/c1-8-10(3)23-16(17-8)18-13(20)9(2)19-14(21)11-6-4-5-7-12(11)15(19)22/h9,11-12H,4-7H2,1-3H3,(H,17,18,20). The van der Waals surface area contributed by atoms with Gasteiger partial charge in [-0.3, -0.25) is 19.3 Å². The van der Waals surface area contributed by atoms with Crippen LogP contribution in [0.1, 0.15) is 43.2 Å². The number of anilines is 1. The van der Waals surface area contributed by atoms with E-state index in [1.165, 1.54) is 16.2 Å². The molecule has 3 unspecified atom stereocenters. The molecule has 3 rings (SSSR count). The van der Waals surface area contributed by atoms with Crippen LogP contribution >= 0.6 is 11.3 Å². The van der Waals surface area contributed by atoms with Crippen molar-refractivity contribution in [3.63, 3.8) is 0 Å². The quantitative estimate of drug-likeness (QED) is 0.859. The number of imide groups is 1. The van der Waals surface area contributed by atoms with Crippen LogP contribution in [0.25, 0.3) is 0 Å². The van der Waals surface area contributed by atoms with Crippen LogP contribution in [0.15, 0.2) is 0 Å². The zero-order chi connectivity index (χ0) is 16.7. The molecule has 0 radical (unpaired) electrons. The first-order valence-electron chi connectivity index (χ1n) is 8.02. The molecule has 1 saturated carbocycles. The molecule has 0 aromatic carbocycles. The number of fused-ring (bicyclic) bond motifs is 1. The molecule has 1 N–H and O–H groups in total. The Bertz CT molecular complexity index is 626. The summed E-state index contributed by atoms with van der Waals surface area (Å²) in [5.41, 5.74) is 0.872. The van der Waals surface area contributed by atoms with Crippen molar-refractivity contribution < 1.29 is 14.4 Å². The molecule has 3 atom stereocenters. The van der Waals surface area contributed by atoms with E-state index in [0.29, 0.717) is 5.13 Å². The van der Waals surface area contributed by atoms with Crippen molar-refractivity contribution in [3.8, 4) is 0 Å². The number of hydrogen-bond donors (Lipinski definition) is 1. The molecule has 1 aliphatic heterocycles. The number of nitrogens with zero attached hydrogens (tertiary/aromatic N) is 2. The van der Waals surface area contributed by atoms with Crippen molar-refractivity contribution in [2.24, 2.45) is 11.8 Å². The normalized spacial score (nSPS) is 25.4. The van der Waals surface area contributed by atoms with Gasteiger partial charge in [0.1, 0.15) is 6.04 Å². The summed E-state index contributed by atoms with van der Waals surface area (Å²) in [6.07, 6.45) is 3.47. The number of carbonyl (C=O) groups is 3. The van der Waals surface area contributed by atoms with E-state index in [4.69, 9.17) is 0 Å². The number of carbonyl (C=O) groups excluding carboxylic acids is 3. The predicted molar refractivity (Wildman–Crippen MR) is 87.0 cm³/mol. The molecular weight excluding hydrogens is 314 g/mol. The van der Waals surface area contributed by atoms with E-state index in [9.17, 15) is 14.4 Å². The molecule has 23 heavy (non-hydrogen) atoms. The highest BCUT2D eigenvalue weighted by Gasteiger charge is 2.50. The molecule has 2 aliphatic rings. The van der Waals surface area contributed by atoms with Crippen LogP contribution in [0.3, 0.4) is 0 Å². The molecule has 2 heterocycles. The summed E-state index contributed by atoms with van der Waals surface area (Å²) in [5, 5.41) is 3.23. The first-order chi connectivity index (χ1) is 10.9. The zero-order valence-electron chi connectivity index (χ0n) is 13.6. The number of amides is 3. The number of aryl methyl sites for hydroxylation is 2. The van der Waals surface area contributed by atoms with Gasteiger partial charge >= 0.3 is 0 Å². The van der Waals surface area contributed by atoms with Crippen LogP contribution < -0.4 is 5.32 Å². The Morgan fingerprint density at radius 3 is 2.26 bits per heavy atom. The Morgan fingerprint density at radius 1 is 1.22 bits per heavy atom. The summed E-state index contributed by atoms with van der Waals surface area (Å²) >= 11 is 1.39. The average molecular weight is 335 g/mol. The van der Waals surface area contributed by atoms with Gasteiger partial charge in [-0.15, -0.1) is 11.3 Å². The summed E-state index contributed by atoms with van der Waals surface area (Å²) < 4.78 is 0. The number of rotatable bonds is 3. The van der Waals surface area contributed by atoms with Gasteiger partial charge in [0.25, 0.3) is 0 Å². The highest BCUT2D eigenvalue weighted by molar-refractivity contribution is 7.15. The van der Waals surface area contributed by atoms with Crippen LogP contribution in [-0.4, -0.2) is 33.6 Å². The third-order valence-electron chi connectivity index (χ3n) is 4.90. The van der Waals surface area contributed by atoms with Gasteiger partial charge in [-0.1, -0.05) is 12.8 Å². The van der Waals surface area contributed by atoms with E-state index in [2.05, 4.69) is 10.3 Å². The molecule has 1 aromatic rings. The molecule has 0 bridgehead atoms. The Labute approximate surface area is 139 Å². The second kappa shape index (κ2) is 6.03. The van der Waals surface area contributed by atoms with E-state index in [1.807, 2.05) is 13.8 Å². The first-order valence-corrected chi connectivity index (χ1v) is 8.83. The van der Waals surface area contributed by atoms with Gasteiger partial charge < -0.3 is 5.32 Å². The highest BCUT2D eigenvalue weighted by Crippen LogP contribution is 2.39. The topological polar surface area (TPSA) is 79.4 Å². The van der Waals surface area contributed by atoms with Gasteiger partial charge in [0.05, 0.1) is 17.5 Å². The Balaban J connectivity index is 1.74.